The minimum absolute atomic E-state index is 0.265. The fourth-order valence-corrected chi connectivity index (χ4v) is 3.91. The smallest absolute Gasteiger partial charge is 0.331 e. The Morgan fingerprint density at radius 3 is 2.61 bits per heavy atom. The first-order valence-corrected chi connectivity index (χ1v) is 11.6. The number of esters is 1. The topological polar surface area (TPSA) is 51.2 Å². The van der Waals surface area contributed by atoms with E-state index in [1.807, 2.05) is 39.0 Å². The molecule has 0 fully saturated rings. The molecule has 1 aliphatic rings. The molecule has 0 spiro atoms. The molecule has 0 radical (unpaired) electrons. The maximum atomic E-state index is 12.3. The summed E-state index contributed by atoms with van der Waals surface area (Å²) in [4.78, 5) is 17.1. The van der Waals surface area contributed by atoms with E-state index in [-0.39, 0.29) is 5.97 Å². The van der Waals surface area contributed by atoms with Crippen LogP contribution in [0.5, 0.6) is 0 Å². The molecule has 1 aromatic heterocycles. The summed E-state index contributed by atoms with van der Waals surface area (Å²) in [6, 6.07) is 14.6. The number of anilines is 1. The zero-order valence-electron chi connectivity index (χ0n) is 19.2. The summed E-state index contributed by atoms with van der Waals surface area (Å²) in [5.41, 5.74) is 4.20. The van der Waals surface area contributed by atoms with Crippen molar-refractivity contribution < 1.29 is 9.53 Å². The molecule has 0 amide bonds. The Labute approximate surface area is 187 Å². The Balaban J connectivity index is 1.46. The van der Waals surface area contributed by atoms with Crippen LogP contribution in [0.3, 0.4) is 0 Å². The van der Waals surface area contributed by atoms with Crippen LogP contribution >= 0.6 is 0 Å². The van der Waals surface area contributed by atoms with Gasteiger partial charge in [0.1, 0.15) is 11.4 Å². The average Bonchev–Trinajstić information content (AvgIpc) is 2.74. The Hall–Kier alpha value is -2.62. The summed E-state index contributed by atoms with van der Waals surface area (Å²) in [5, 5.41) is 3.42. The van der Waals surface area contributed by atoms with E-state index in [9.17, 15) is 4.79 Å². The molecule has 31 heavy (non-hydrogen) atoms. The molecule has 0 saturated carbocycles. The molecule has 0 saturated heterocycles. The Bertz CT molecular complexity index is 882. The normalized spacial score (nSPS) is 14.0. The zero-order valence-corrected chi connectivity index (χ0v) is 19.2. The highest BCUT2D eigenvalue weighted by Crippen LogP contribution is 2.23. The summed E-state index contributed by atoms with van der Waals surface area (Å²) >= 11 is 0. The largest absolute Gasteiger partial charge is 0.457 e. The van der Waals surface area contributed by atoms with Crippen LogP contribution in [0.15, 0.2) is 48.5 Å². The zero-order chi connectivity index (χ0) is 22.1. The van der Waals surface area contributed by atoms with E-state index in [1.54, 1.807) is 6.08 Å². The third-order valence-corrected chi connectivity index (χ3v) is 5.42. The van der Waals surface area contributed by atoms with Gasteiger partial charge in [0.05, 0.1) is 0 Å². The number of carbonyl (C=O) groups is 1. The van der Waals surface area contributed by atoms with Gasteiger partial charge in [-0.1, -0.05) is 49.2 Å². The Morgan fingerprint density at radius 1 is 1.06 bits per heavy atom. The van der Waals surface area contributed by atoms with Crippen LogP contribution in [0.4, 0.5) is 5.82 Å². The number of unbranched alkanes of at least 4 members (excludes halogenated alkanes) is 3. The van der Waals surface area contributed by atoms with Crippen molar-refractivity contribution in [3.05, 3.63) is 65.4 Å². The van der Waals surface area contributed by atoms with Gasteiger partial charge in [0, 0.05) is 18.3 Å². The first-order chi connectivity index (χ1) is 14.9. The number of rotatable bonds is 9. The molecule has 166 valence electrons. The number of aromatic nitrogens is 1. The van der Waals surface area contributed by atoms with Gasteiger partial charge in [-0.15, -0.1) is 0 Å². The fourth-order valence-electron chi connectivity index (χ4n) is 3.91. The standard InChI is InChI=1S/C27H36N2O2/c1-27(2,3)31-25(30)20-23(21-12-8-6-9-13-21)14-7-4-5-10-16-24-18-17-22-15-11-19-28-26(22)29-24/h6,8-9,12-13,17-18,20H,4-5,7,10-11,14-16,19H2,1-3H3,(H,28,29). The van der Waals surface area contributed by atoms with Gasteiger partial charge in [-0.25, -0.2) is 9.78 Å². The van der Waals surface area contributed by atoms with E-state index >= 15 is 0 Å². The van der Waals surface area contributed by atoms with Crippen LogP contribution in [0.2, 0.25) is 0 Å². The second kappa shape index (κ2) is 11.1. The predicted molar refractivity (Wildman–Crippen MR) is 128 cm³/mol. The minimum atomic E-state index is -0.477. The van der Waals surface area contributed by atoms with Crippen LogP contribution < -0.4 is 5.32 Å². The number of benzene rings is 1. The van der Waals surface area contributed by atoms with Gasteiger partial charge in [0.25, 0.3) is 0 Å². The van der Waals surface area contributed by atoms with E-state index in [2.05, 4.69) is 29.6 Å². The van der Waals surface area contributed by atoms with Crippen LogP contribution in [-0.4, -0.2) is 23.1 Å². The first-order valence-electron chi connectivity index (χ1n) is 11.6. The lowest BCUT2D eigenvalue weighted by molar-refractivity contribution is -0.148. The quantitative estimate of drug-likeness (QED) is 0.291. The van der Waals surface area contributed by atoms with Crippen molar-refractivity contribution >= 4 is 17.4 Å². The summed E-state index contributed by atoms with van der Waals surface area (Å²) in [6.45, 7) is 6.72. The van der Waals surface area contributed by atoms with E-state index in [0.29, 0.717) is 0 Å². The number of aryl methyl sites for hydroxylation is 2. The number of nitrogens with one attached hydrogen (secondary N) is 1. The molecule has 0 bridgehead atoms. The van der Waals surface area contributed by atoms with Gasteiger partial charge in [-0.05, 0) is 82.1 Å². The first kappa shape index (κ1) is 23.1. The lowest BCUT2D eigenvalue weighted by Gasteiger charge is -2.19. The molecule has 0 unspecified atom stereocenters. The molecular formula is C27H36N2O2. The maximum Gasteiger partial charge on any atom is 0.331 e. The molecule has 1 N–H and O–H groups in total. The number of ether oxygens (including phenoxy) is 1. The molecule has 3 rings (SSSR count). The van der Waals surface area contributed by atoms with Crippen molar-refractivity contribution in [2.45, 2.75) is 77.7 Å². The molecular weight excluding hydrogens is 384 g/mol. The number of carbonyl (C=O) groups excluding carboxylic acids is 1. The van der Waals surface area contributed by atoms with Crippen LogP contribution in [0, 0.1) is 0 Å². The fraction of sp³-hybridized carbons (Fsp3) is 0.481. The molecule has 0 atom stereocenters. The lowest BCUT2D eigenvalue weighted by Crippen LogP contribution is -2.22. The monoisotopic (exact) mass is 420 g/mol. The summed E-state index contributed by atoms with van der Waals surface area (Å²) in [6.07, 6.45) is 10.4. The van der Waals surface area contributed by atoms with Crippen molar-refractivity contribution in [2.24, 2.45) is 0 Å². The van der Waals surface area contributed by atoms with E-state index in [4.69, 9.17) is 9.72 Å². The highest BCUT2D eigenvalue weighted by molar-refractivity contribution is 5.91. The SMILES string of the molecule is CC(C)(C)OC(=O)C=C(CCCCCCc1ccc2c(n1)NCCC2)c1ccccc1. The minimum Gasteiger partial charge on any atom is -0.457 e. The highest BCUT2D eigenvalue weighted by atomic mass is 16.6. The van der Waals surface area contributed by atoms with Gasteiger partial charge in [-0.2, -0.15) is 0 Å². The van der Waals surface area contributed by atoms with E-state index in [1.165, 1.54) is 24.1 Å². The molecule has 4 heteroatoms. The number of fused-ring (bicyclic) bond motifs is 1. The van der Waals surface area contributed by atoms with Crippen LogP contribution in [0.25, 0.3) is 5.57 Å². The van der Waals surface area contributed by atoms with Gasteiger partial charge in [-0.3, -0.25) is 0 Å². The molecule has 2 aromatic rings. The van der Waals surface area contributed by atoms with E-state index < -0.39 is 5.60 Å². The molecule has 2 heterocycles. The van der Waals surface area contributed by atoms with Crippen LogP contribution in [-0.2, 0) is 22.4 Å². The molecule has 4 nitrogen and oxygen atoms in total. The van der Waals surface area contributed by atoms with Crippen LogP contribution in [0.1, 0.15) is 76.1 Å². The second-order valence-electron chi connectivity index (χ2n) is 9.32. The summed E-state index contributed by atoms with van der Waals surface area (Å²) in [7, 11) is 0. The lowest BCUT2D eigenvalue weighted by atomic mass is 9.98. The number of nitrogens with zero attached hydrogens (tertiary/aromatic N) is 1. The van der Waals surface area contributed by atoms with Gasteiger partial charge < -0.3 is 10.1 Å². The number of pyridine rings is 1. The highest BCUT2D eigenvalue weighted by Gasteiger charge is 2.15. The predicted octanol–water partition coefficient (Wildman–Crippen LogP) is 6.36. The van der Waals surface area contributed by atoms with Gasteiger partial charge >= 0.3 is 5.97 Å². The molecule has 1 aromatic carbocycles. The van der Waals surface area contributed by atoms with Crippen molar-refractivity contribution in [3.8, 4) is 0 Å². The number of hydrogen-bond donors (Lipinski definition) is 1. The van der Waals surface area contributed by atoms with Crippen molar-refractivity contribution in [1.82, 2.24) is 4.98 Å². The van der Waals surface area contributed by atoms with Gasteiger partial charge in [0.15, 0.2) is 0 Å². The van der Waals surface area contributed by atoms with E-state index in [0.717, 1.165) is 62.0 Å². The number of allylic oxidation sites excluding steroid dienone is 1. The summed E-state index contributed by atoms with van der Waals surface area (Å²) < 4.78 is 5.50. The Morgan fingerprint density at radius 2 is 1.84 bits per heavy atom. The number of hydrogen-bond acceptors (Lipinski definition) is 4. The molecule has 0 aliphatic carbocycles. The second-order valence-corrected chi connectivity index (χ2v) is 9.32. The third-order valence-electron chi connectivity index (χ3n) is 5.42. The third kappa shape index (κ3) is 7.86. The van der Waals surface area contributed by atoms with Crippen molar-refractivity contribution in [2.75, 3.05) is 11.9 Å². The summed E-state index contributed by atoms with van der Waals surface area (Å²) in [5.74, 6) is 0.821. The maximum absolute atomic E-state index is 12.3. The van der Waals surface area contributed by atoms with Crippen molar-refractivity contribution in [1.29, 1.82) is 0 Å². The molecule has 1 aliphatic heterocycles. The van der Waals surface area contributed by atoms with Crippen molar-refractivity contribution in [3.63, 3.8) is 0 Å². The Kier molecular flexibility index (Phi) is 8.27. The van der Waals surface area contributed by atoms with Gasteiger partial charge in [0.2, 0.25) is 0 Å². The average molecular weight is 421 g/mol.